The summed E-state index contributed by atoms with van der Waals surface area (Å²) in [4.78, 5) is 22.6. The summed E-state index contributed by atoms with van der Waals surface area (Å²) in [5.74, 6) is -1.66. The van der Waals surface area contributed by atoms with Crippen LogP contribution in [0.3, 0.4) is 0 Å². The Labute approximate surface area is 122 Å². The fourth-order valence-electron chi connectivity index (χ4n) is 3.89. The maximum atomic E-state index is 11.9. The predicted molar refractivity (Wildman–Crippen MR) is 69.4 cm³/mol. The standard InChI is InChI=1S/C13H16O7S/c1-3-9(14)18-5-10(15)19-11-7-4-8-12(11)20-21(16,17)13(8)6(7)2/h3,6-8,11-13H,1,4-5H2,2H3/t6?,7-,8?,11?,12?,13?/m0/s1. The average Bonchev–Trinajstić information content (AvgIpc) is 2.98. The summed E-state index contributed by atoms with van der Waals surface area (Å²) >= 11 is 0. The van der Waals surface area contributed by atoms with Crippen LogP contribution in [0.1, 0.15) is 13.3 Å². The van der Waals surface area contributed by atoms with Gasteiger partial charge in [-0.3, -0.25) is 4.18 Å². The molecule has 116 valence electrons. The molecule has 0 aromatic heterocycles. The van der Waals surface area contributed by atoms with Crippen LogP contribution in [-0.2, 0) is 33.4 Å². The van der Waals surface area contributed by atoms with Crippen LogP contribution in [0.15, 0.2) is 12.7 Å². The van der Waals surface area contributed by atoms with Gasteiger partial charge in [-0.05, 0) is 12.3 Å². The Balaban J connectivity index is 1.67. The molecule has 2 bridgehead atoms. The van der Waals surface area contributed by atoms with E-state index >= 15 is 0 Å². The number of carbonyl (C=O) groups excluding carboxylic acids is 2. The minimum absolute atomic E-state index is 0.0265. The summed E-state index contributed by atoms with van der Waals surface area (Å²) in [6.45, 7) is 4.54. The van der Waals surface area contributed by atoms with Crippen molar-refractivity contribution in [2.45, 2.75) is 30.8 Å². The smallest absolute Gasteiger partial charge is 0.344 e. The van der Waals surface area contributed by atoms with Crippen molar-refractivity contribution in [3.05, 3.63) is 12.7 Å². The minimum atomic E-state index is -3.57. The molecule has 2 saturated carbocycles. The number of hydrogen-bond acceptors (Lipinski definition) is 7. The number of carbonyl (C=O) groups is 2. The zero-order valence-electron chi connectivity index (χ0n) is 11.4. The molecule has 3 fully saturated rings. The van der Waals surface area contributed by atoms with Crippen LogP contribution in [-0.4, -0.2) is 44.4 Å². The van der Waals surface area contributed by atoms with Crippen molar-refractivity contribution in [1.29, 1.82) is 0 Å². The van der Waals surface area contributed by atoms with Gasteiger partial charge >= 0.3 is 11.9 Å². The van der Waals surface area contributed by atoms with E-state index in [-0.39, 0.29) is 17.8 Å². The molecule has 7 nitrogen and oxygen atoms in total. The number of hydrogen-bond donors (Lipinski definition) is 0. The number of fused-ring (bicyclic) bond motifs is 1. The van der Waals surface area contributed by atoms with Gasteiger partial charge in [0.15, 0.2) is 6.61 Å². The van der Waals surface area contributed by atoms with Crippen molar-refractivity contribution in [3.8, 4) is 0 Å². The van der Waals surface area contributed by atoms with Gasteiger partial charge < -0.3 is 9.47 Å². The molecule has 0 spiro atoms. The zero-order chi connectivity index (χ0) is 15.4. The lowest BCUT2D eigenvalue weighted by Crippen LogP contribution is -2.42. The van der Waals surface area contributed by atoms with E-state index in [1.807, 2.05) is 6.92 Å². The Kier molecular flexibility index (Phi) is 3.32. The molecule has 3 aliphatic rings. The van der Waals surface area contributed by atoms with Gasteiger partial charge in [0, 0.05) is 17.9 Å². The number of rotatable bonds is 4. The largest absolute Gasteiger partial charge is 0.457 e. The van der Waals surface area contributed by atoms with Crippen LogP contribution in [0.25, 0.3) is 0 Å². The highest BCUT2D eigenvalue weighted by Crippen LogP contribution is 2.58. The van der Waals surface area contributed by atoms with Crippen LogP contribution in [0, 0.1) is 17.8 Å². The zero-order valence-corrected chi connectivity index (χ0v) is 12.2. The molecule has 1 aliphatic heterocycles. The molecule has 3 rings (SSSR count). The lowest BCUT2D eigenvalue weighted by atomic mass is 9.86. The Hall–Kier alpha value is -1.41. The summed E-state index contributed by atoms with van der Waals surface area (Å²) in [7, 11) is -3.57. The van der Waals surface area contributed by atoms with E-state index in [0.717, 1.165) is 6.08 Å². The molecule has 6 atom stereocenters. The molecule has 21 heavy (non-hydrogen) atoms. The molecule has 0 N–H and O–H groups in total. The third-order valence-electron chi connectivity index (χ3n) is 4.67. The third-order valence-corrected chi connectivity index (χ3v) is 6.61. The van der Waals surface area contributed by atoms with E-state index in [4.69, 9.17) is 8.92 Å². The van der Waals surface area contributed by atoms with E-state index in [9.17, 15) is 18.0 Å². The van der Waals surface area contributed by atoms with Gasteiger partial charge in [-0.25, -0.2) is 9.59 Å². The molecule has 0 aromatic carbocycles. The molecule has 1 heterocycles. The molecule has 0 radical (unpaired) electrons. The monoisotopic (exact) mass is 316 g/mol. The van der Waals surface area contributed by atoms with E-state index in [1.54, 1.807) is 0 Å². The first-order valence-corrected chi connectivity index (χ1v) is 8.23. The Morgan fingerprint density at radius 2 is 2.10 bits per heavy atom. The van der Waals surface area contributed by atoms with E-state index in [0.29, 0.717) is 6.42 Å². The van der Waals surface area contributed by atoms with Crippen LogP contribution >= 0.6 is 0 Å². The molecule has 2 aliphatic carbocycles. The molecule has 1 saturated heterocycles. The third kappa shape index (κ3) is 2.17. The molecule has 5 unspecified atom stereocenters. The van der Waals surface area contributed by atoms with Gasteiger partial charge in [0.1, 0.15) is 12.2 Å². The topological polar surface area (TPSA) is 96.0 Å². The van der Waals surface area contributed by atoms with Crippen LogP contribution in [0.5, 0.6) is 0 Å². The van der Waals surface area contributed by atoms with Gasteiger partial charge in [0.05, 0.1) is 5.25 Å². The van der Waals surface area contributed by atoms with E-state index in [1.165, 1.54) is 0 Å². The molecular weight excluding hydrogens is 300 g/mol. The maximum Gasteiger partial charge on any atom is 0.344 e. The Bertz CT molecular complexity index is 596. The van der Waals surface area contributed by atoms with E-state index in [2.05, 4.69) is 11.3 Å². The predicted octanol–water partition coefficient (Wildman–Crippen LogP) is 0.0104. The Morgan fingerprint density at radius 1 is 1.38 bits per heavy atom. The highest BCUT2D eigenvalue weighted by atomic mass is 32.2. The van der Waals surface area contributed by atoms with Crippen molar-refractivity contribution >= 4 is 22.1 Å². The second-order valence-corrected chi connectivity index (χ2v) is 7.43. The fraction of sp³-hybridized carbons (Fsp3) is 0.692. The first-order chi connectivity index (χ1) is 9.85. The summed E-state index contributed by atoms with van der Waals surface area (Å²) in [5.41, 5.74) is 0. The highest BCUT2D eigenvalue weighted by molar-refractivity contribution is 7.87. The van der Waals surface area contributed by atoms with Crippen LogP contribution in [0.2, 0.25) is 0 Å². The van der Waals surface area contributed by atoms with Crippen molar-refractivity contribution < 1.29 is 31.7 Å². The highest BCUT2D eigenvalue weighted by Gasteiger charge is 2.68. The molecule has 8 heteroatoms. The number of ether oxygens (including phenoxy) is 2. The lowest BCUT2D eigenvalue weighted by molar-refractivity contribution is -0.166. The first-order valence-electron chi connectivity index (χ1n) is 6.76. The van der Waals surface area contributed by atoms with Crippen molar-refractivity contribution in [1.82, 2.24) is 0 Å². The van der Waals surface area contributed by atoms with E-state index < -0.39 is 46.1 Å². The van der Waals surface area contributed by atoms with Crippen LogP contribution < -0.4 is 0 Å². The van der Waals surface area contributed by atoms with Crippen LogP contribution in [0.4, 0.5) is 0 Å². The molecule has 0 aromatic rings. The quantitative estimate of drug-likeness (QED) is 0.409. The summed E-state index contributed by atoms with van der Waals surface area (Å²) in [5, 5.41) is -0.485. The first kappa shape index (κ1) is 14.5. The van der Waals surface area contributed by atoms with Gasteiger partial charge in [0.2, 0.25) is 0 Å². The van der Waals surface area contributed by atoms with Gasteiger partial charge in [-0.15, -0.1) is 0 Å². The van der Waals surface area contributed by atoms with Gasteiger partial charge in [-0.2, -0.15) is 8.42 Å². The maximum absolute atomic E-state index is 11.9. The lowest BCUT2D eigenvalue weighted by Gasteiger charge is -2.29. The van der Waals surface area contributed by atoms with Gasteiger partial charge in [-0.1, -0.05) is 13.5 Å². The summed E-state index contributed by atoms with van der Waals surface area (Å²) in [6, 6.07) is 0. The van der Waals surface area contributed by atoms with Crippen molar-refractivity contribution in [3.63, 3.8) is 0 Å². The summed E-state index contributed by atoms with van der Waals surface area (Å²) < 4.78 is 38.9. The second kappa shape index (κ2) is 4.81. The van der Waals surface area contributed by atoms with Crippen molar-refractivity contribution in [2.24, 2.45) is 17.8 Å². The minimum Gasteiger partial charge on any atom is -0.457 e. The fourth-order valence-corrected chi connectivity index (χ4v) is 6.00. The van der Waals surface area contributed by atoms with Crippen molar-refractivity contribution in [2.75, 3.05) is 6.61 Å². The second-order valence-electron chi connectivity index (χ2n) is 5.71. The Morgan fingerprint density at radius 3 is 2.76 bits per heavy atom. The molecular formula is C13H16O7S. The average molecular weight is 316 g/mol. The molecule has 0 amide bonds. The SMILES string of the molecule is C=CC(=O)OCC(=O)OC1C2OS(=O)(=O)C3C2C[C@H]1C3C. The summed E-state index contributed by atoms with van der Waals surface area (Å²) in [6.07, 6.45) is 0.443. The number of esters is 2. The van der Waals surface area contributed by atoms with Gasteiger partial charge in [0.25, 0.3) is 10.1 Å². The normalized spacial score (nSPS) is 41.8.